The third-order valence-electron chi connectivity index (χ3n) is 3.43. The second-order valence-corrected chi connectivity index (χ2v) is 6.10. The molecule has 1 N–H and O–H groups in total. The van der Waals surface area contributed by atoms with Crippen molar-refractivity contribution < 1.29 is 24.2 Å². The van der Waals surface area contributed by atoms with Crippen LogP contribution in [0.3, 0.4) is 0 Å². The van der Waals surface area contributed by atoms with Gasteiger partial charge in [0, 0.05) is 6.20 Å². The molecule has 3 heterocycles. The average Bonchev–Trinajstić information content (AvgIpc) is 3.07. The molecule has 0 radical (unpaired) electrons. The summed E-state index contributed by atoms with van der Waals surface area (Å²) in [6, 6.07) is 0. The quantitative estimate of drug-likeness (QED) is 0.489. The molecule has 1 aromatic heterocycles. The number of amides is 1. The summed E-state index contributed by atoms with van der Waals surface area (Å²) in [5.41, 5.74) is 0.783. The average molecular weight is 337 g/mol. The highest BCUT2D eigenvalue weighted by atomic mass is 32.2. The first-order chi connectivity index (χ1) is 11.1. The molecule has 0 bridgehead atoms. The van der Waals surface area contributed by atoms with Crippen molar-refractivity contribution in [1.82, 2.24) is 14.5 Å². The Morgan fingerprint density at radius 1 is 1.61 bits per heavy atom. The molecule has 0 unspecified atom stereocenters. The van der Waals surface area contributed by atoms with Gasteiger partial charge in [0.2, 0.25) is 11.8 Å². The zero-order valence-electron chi connectivity index (χ0n) is 12.3. The molecular formula is C14H15N3O5S. The van der Waals surface area contributed by atoms with Gasteiger partial charge in [-0.05, 0) is 6.92 Å². The second-order valence-electron chi connectivity index (χ2n) is 4.99. The predicted octanol–water partition coefficient (Wildman–Crippen LogP) is 1.14. The van der Waals surface area contributed by atoms with Gasteiger partial charge < -0.3 is 14.6 Å². The van der Waals surface area contributed by atoms with Crippen LogP contribution < -0.4 is 0 Å². The number of thioether (sulfide) groups is 1. The van der Waals surface area contributed by atoms with Gasteiger partial charge in [-0.3, -0.25) is 14.3 Å². The van der Waals surface area contributed by atoms with Crippen LogP contribution in [-0.4, -0.2) is 50.2 Å². The Balaban J connectivity index is 1.89. The van der Waals surface area contributed by atoms with E-state index in [0.717, 1.165) is 5.69 Å². The van der Waals surface area contributed by atoms with E-state index in [1.807, 2.05) is 6.92 Å². The van der Waals surface area contributed by atoms with Gasteiger partial charge in [0.05, 0.1) is 18.2 Å². The van der Waals surface area contributed by atoms with Gasteiger partial charge in [-0.1, -0.05) is 24.4 Å². The maximum absolute atomic E-state index is 12.1. The zero-order chi connectivity index (χ0) is 16.6. The highest BCUT2D eigenvalue weighted by Crippen LogP contribution is 2.51. The van der Waals surface area contributed by atoms with Crippen LogP contribution in [0.15, 0.2) is 31.1 Å². The Morgan fingerprint density at radius 2 is 2.39 bits per heavy atom. The van der Waals surface area contributed by atoms with Gasteiger partial charge in [-0.15, -0.1) is 0 Å². The topological polar surface area (TPSA) is 93.9 Å². The Bertz CT molecular complexity index is 698. The lowest BCUT2D eigenvalue weighted by Gasteiger charge is -2.40. The van der Waals surface area contributed by atoms with E-state index in [9.17, 15) is 14.7 Å². The molecule has 2 atom stereocenters. The summed E-state index contributed by atoms with van der Waals surface area (Å²) in [7, 11) is 0. The van der Waals surface area contributed by atoms with Crippen LogP contribution in [0.25, 0.3) is 5.03 Å². The first kappa shape index (κ1) is 15.6. The Kier molecular flexibility index (Phi) is 4.14. The van der Waals surface area contributed by atoms with Crippen LogP contribution in [0, 0.1) is 12.8 Å². The van der Waals surface area contributed by atoms with E-state index >= 15 is 0 Å². The molecule has 0 saturated carbocycles. The predicted molar refractivity (Wildman–Crippen MR) is 81.6 cm³/mol. The molecule has 0 aromatic carbocycles. The number of carbonyl (C=O) groups is 2. The minimum absolute atomic E-state index is 0.00934. The first-order valence-corrected chi connectivity index (χ1v) is 7.76. The molecular weight excluding hydrogens is 322 g/mol. The molecule has 2 aliphatic heterocycles. The highest BCUT2D eigenvalue weighted by Gasteiger charge is 2.56. The Labute approximate surface area is 136 Å². The van der Waals surface area contributed by atoms with Gasteiger partial charge in [0.25, 0.3) is 0 Å². The molecule has 8 nitrogen and oxygen atoms in total. The van der Waals surface area contributed by atoms with Gasteiger partial charge in [0.15, 0.2) is 0 Å². The van der Waals surface area contributed by atoms with Crippen molar-refractivity contribution in [2.45, 2.75) is 12.3 Å². The molecule has 1 amide bonds. The number of hydrogen-bond donors (Lipinski definition) is 1. The van der Waals surface area contributed by atoms with Crippen molar-refractivity contribution in [2.75, 3.05) is 13.2 Å². The maximum Gasteiger partial charge on any atom is 0.515 e. The fourth-order valence-corrected chi connectivity index (χ4v) is 3.71. The first-order valence-electron chi connectivity index (χ1n) is 6.88. The minimum Gasteiger partial charge on any atom is -0.430 e. The lowest BCUT2D eigenvalue weighted by Crippen LogP contribution is -2.58. The number of aliphatic hydroxyl groups excluding tert-OH is 1. The summed E-state index contributed by atoms with van der Waals surface area (Å²) >= 11 is 1.33. The van der Waals surface area contributed by atoms with Gasteiger partial charge in [-0.25, -0.2) is 9.78 Å². The normalized spacial score (nSPS) is 22.7. The number of fused-ring (bicyclic) bond motifs is 1. The van der Waals surface area contributed by atoms with Crippen molar-refractivity contribution >= 4 is 28.9 Å². The van der Waals surface area contributed by atoms with Crippen molar-refractivity contribution in [3.8, 4) is 0 Å². The van der Waals surface area contributed by atoms with E-state index in [2.05, 4.69) is 11.6 Å². The van der Waals surface area contributed by atoms with Crippen molar-refractivity contribution in [1.29, 1.82) is 0 Å². The van der Waals surface area contributed by atoms with Crippen LogP contribution in [0.4, 0.5) is 4.79 Å². The largest absolute Gasteiger partial charge is 0.515 e. The fraction of sp³-hybridized carbons (Fsp3) is 0.357. The van der Waals surface area contributed by atoms with Crippen LogP contribution in [0.2, 0.25) is 0 Å². The van der Waals surface area contributed by atoms with Gasteiger partial charge >= 0.3 is 6.16 Å². The summed E-state index contributed by atoms with van der Waals surface area (Å²) in [5, 5.41) is 9.56. The monoisotopic (exact) mass is 337 g/mol. The Hall–Kier alpha value is -2.26. The van der Waals surface area contributed by atoms with Crippen molar-refractivity contribution in [2.24, 2.45) is 5.92 Å². The molecule has 3 rings (SSSR count). The number of aromatic nitrogens is 2. The lowest BCUT2D eigenvalue weighted by molar-refractivity contribution is -0.151. The molecule has 122 valence electrons. The smallest absolute Gasteiger partial charge is 0.430 e. The molecule has 1 fully saturated rings. The molecule has 9 heteroatoms. The van der Waals surface area contributed by atoms with E-state index in [1.54, 1.807) is 17.1 Å². The van der Waals surface area contributed by atoms with Crippen LogP contribution >= 0.6 is 11.8 Å². The number of carbonyl (C=O) groups excluding carboxylic acids is 2. The standard InChI is InChI=1S/C14H15N3O5S/c1-3-4-21-14(20)22-11-13(16-5-8(2)15-7-16)23-12-9(6-18)10(19)17(11)12/h3,5,7,9,12,18H,1,4,6H2,2H3/t9-,12+/m0/s1. The minimum atomic E-state index is -0.921. The van der Waals surface area contributed by atoms with Crippen LogP contribution in [0.5, 0.6) is 0 Å². The molecule has 1 saturated heterocycles. The van der Waals surface area contributed by atoms with E-state index in [4.69, 9.17) is 9.47 Å². The highest BCUT2D eigenvalue weighted by molar-refractivity contribution is 8.08. The maximum atomic E-state index is 12.1. The van der Waals surface area contributed by atoms with E-state index in [-0.39, 0.29) is 30.4 Å². The number of aliphatic hydroxyl groups is 1. The third-order valence-corrected chi connectivity index (χ3v) is 4.82. The van der Waals surface area contributed by atoms with Crippen LogP contribution in [-0.2, 0) is 14.3 Å². The SMILES string of the molecule is C=CCOC(=O)OC1=C(n2cnc(C)c2)S[C@@H]2[C@@H](CO)C(=O)N12. The van der Waals surface area contributed by atoms with Crippen LogP contribution in [0.1, 0.15) is 5.69 Å². The summed E-state index contributed by atoms with van der Waals surface area (Å²) < 4.78 is 11.7. The summed E-state index contributed by atoms with van der Waals surface area (Å²) in [5.74, 6) is -0.700. The third kappa shape index (κ3) is 2.62. The van der Waals surface area contributed by atoms with Gasteiger partial charge in [-0.2, -0.15) is 0 Å². The lowest BCUT2D eigenvalue weighted by atomic mass is 10.00. The zero-order valence-corrected chi connectivity index (χ0v) is 13.2. The number of imidazole rings is 1. The molecule has 23 heavy (non-hydrogen) atoms. The second kappa shape index (κ2) is 6.09. The Morgan fingerprint density at radius 3 is 3.00 bits per heavy atom. The number of ether oxygens (including phenoxy) is 2. The van der Waals surface area contributed by atoms with Crippen molar-refractivity contribution in [3.05, 3.63) is 36.8 Å². The van der Waals surface area contributed by atoms with E-state index in [1.165, 1.54) is 22.7 Å². The number of nitrogens with zero attached hydrogens (tertiary/aromatic N) is 3. The van der Waals surface area contributed by atoms with Crippen molar-refractivity contribution in [3.63, 3.8) is 0 Å². The molecule has 2 aliphatic rings. The van der Waals surface area contributed by atoms with E-state index < -0.39 is 12.1 Å². The number of rotatable bonds is 5. The number of β-lactam (4-membered cyclic amide) rings is 1. The number of hydrogen-bond acceptors (Lipinski definition) is 7. The molecule has 1 aromatic rings. The fourth-order valence-electron chi connectivity index (χ4n) is 2.34. The molecule has 0 spiro atoms. The van der Waals surface area contributed by atoms with Gasteiger partial charge in [0.1, 0.15) is 23.3 Å². The molecule has 0 aliphatic carbocycles. The van der Waals surface area contributed by atoms with E-state index in [0.29, 0.717) is 5.03 Å². The summed E-state index contributed by atoms with van der Waals surface area (Å²) in [4.78, 5) is 29.3. The number of aryl methyl sites for hydroxylation is 1. The summed E-state index contributed by atoms with van der Waals surface area (Å²) in [6.45, 7) is 5.03. The summed E-state index contributed by atoms with van der Waals surface area (Å²) in [6.07, 6.45) is 3.82.